The predicted octanol–water partition coefficient (Wildman–Crippen LogP) is 0.739. The van der Waals surface area contributed by atoms with Crippen molar-refractivity contribution in [1.82, 2.24) is 13.9 Å². The van der Waals surface area contributed by atoms with E-state index < -0.39 is 38.0 Å². The predicted molar refractivity (Wildman–Crippen MR) is 91.7 cm³/mol. The van der Waals surface area contributed by atoms with Crippen LogP contribution in [-0.2, 0) is 24.1 Å². The molecule has 0 bridgehead atoms. The van der Waals surface area contributed by atoms with Crippen molar-refractivity contribution in [3.8, 4) is 0 Å². The Morgan fingerprint density at radius 2 is 2.00 bits per heavy atom. The summed E-state index contributed by atoms with van der Waals surface area (Å²) in [7, 11) is -1.60. The Bertz CT molecular complexity index is 1060. The third-order valence-corrected chi connectivity index (χ3v) is 6.64. The monoisotopic (exact) mass is 385 g/mol. The van der Waals surface area contributed by atoms with E-state index in [1.165, 1.54) is 38.0 Å². The number of benzene rings is 1. The molecule has 7 nitrogen and oxygen atoms in total. The maximum atomic E-state index is 13.9. The minimum absolute atomic E-state index is 0.399. The Labute approximate surface area is 147 Å². The summed E-state index contributed by atoms with van der Waals surface area (Å²) in [4.78, 5) is 23.8. The van der Waals surface area contributed by atoms with E-state index in [1.54, 1.807) is 6.07 Å². The molecule has 2 aromatic rings. The number of nitrogens with one attached hydrogen (secondary N) is 1. The number of halogens is 1. The van der Waals surface area contributed by atoms with E-state index in [2.05, 4.69) is 4.72 Å². The highest BCUT2D eigenvalue weighted by atomic mass is 32.2. The van der Waals surface area contributed by atoms with Crippen LogP contribution in [-0.4, -0.2) is 23.3 Å². The van der Waals surface area contributed by atoms with Crippen LogP contribution in [0.1, 0.15) is 18.0 Å². The lowest BCUT2D eigenvalue weighted by Crippen LogP contribution is -2.42. The molecule has 0 saturated heterocycles. The normalized spacial score (nSPS) is 17.3. The van der Waals surface area contributed by atoms with Gasteiger partial charge < -0.3 is 4.57 Å². The van der Waals surface area contributed by atoms with E-state index in [4.69, 9.17) is 0 Å². The standard InChI is InChI=1S/C15H16FN3O4S2/c1-18-8-12(14(20)19(2)15(18)21)25(22,23)17-11-6-7-24-13-9(11)4-3-5-10(13)16/h3-5,8,11,17H,6-7H2,1-2H3. The van der Waals surface area contributed by atoms with Gasteiger partial charge in [-0.2, -0.15) is 0 Å². The Kier molecular flexibility index (Phi) is 4.60. The zero-order chi connectivity index (χ0) is 18.4. The lowest BCUT2D eigenvalue weighted by Gasteiger charge is -2.26. The van der Waals surface area contributed by atoms with Crippen LogP contribution in [0.2, 0.25) is 0 Å². The van der Waals surface area contributed by atoms with Gasteiger partial charge in [0.25, 0.3) is 5.56 Å². The molecule has 0 saturated carbocycles. The molecular formula is C15H16FN3O4S2. The first-order valence-corrected chi connectivity index (χ1v) is 9.89. The average Bonchev–Trinajstić information content (AvgIpc) is 2.57. The van der Waals surface area contributed by atoms with Gasteiger partial charge in [-0.1, -0.05) is 12.1 Å². The molecule has 134 valence electrons. The van der Waals surface area contributed by atoms with Gasteiger partial charge in [-0.25, -0.2) is 22.3 Å². The smallest absolute Gasteiger partial charge is 0.302 e. The number of fused-ring (bicyclic) bond motifs is 1. The van der Waals surface area contributed by atoms with E-state index in [0.29, 0.717) is 22.6 Å². The molecular weight excluding hydrogens is 369 g/mol. The van der Waals surface area contributed by atoms with Crippen LogP contribution in [0.3, 0.4) is 0 Å². The summed E-state index contributed by atoms with van der Waals surface area (Å²) in [5.74, 6) is 0.149. The van der Waals surface area contributed by atoms with E-state index in [-0.39, 0.29) is 0 Å². The largest absolute Gasteiger partial charge is 0.330 e. The van der Waals surface area contributed by atoms with Crippen molar-refractivity contribution in [2.45, 2.75) is 22.3 Å². The highest BCUT2D eigenvalue weighted by Gasteiger charge is 2.29. The number of aryl methyl sites for hydroxylation is 1. The van der Waals surface area contributed by atoms with Gasteiger partial charge in [-0.05, 0) is 23.8 Å². The Morgan fingerprint density at radius 1 is 1.28 bits per heavy atom. The van der Waals surface area contributed by atoms with Crippen LogP contribution < -0.4 is 16.0 Å². The van der Waals surface area contributed by atoms with Crippen LogP contribution in [0.5, 0.6) is 0 Å². The van der Waals surface area contributed by atoms with Gasteiger partial charge in [0, 0.05) is 31.2 Å². The quantitative estimate of drug-likeness (QED) is 0.842. The summed E-state index contributed by atoms with van der Waals surface area (Å²) in [5.41, 5.74) is -0.979. The van der Waals surface area contributed by atoms with E-state index >= 15 is 0 Å². The highest BCUT2D eigenvalue weighted by molar-refractivity contribution is 7.99. The van der Waals surface area contributed by atoms with Crippen molar-refractivity contribution < 1.29 is 12.8 Å². The first-order chi connectivity index (χ1) is 11.7. The average molecular weight is 385 g/mol. The molecule has 1 aromatic heterocycles. The molecule has 2 heterocycles. The number of aromatic nitrogens is 2. The van der Waals surface area contributed by atoms with Gasteiger partial charge >= 0.3 is 5.69 Å². The highest BCUT2D eigenvalue weighted by Crippen LogP contribution is 2.38. The minimum atomic E-state index is -4.18. The summed E-state index contributed by atoms with van der Waals surface area (Å²) in [5, 5.41) is 0. The lowest BCUT2D eigenvalue weighted by atomic mass is 10.0. The summed E-state index contributed by atoms with van der Waals surface area (Å²) in [6.45, 7) is 0. The second kappa shape index (κ2) is 6.43. The molecule has 10 heteroatoms. The second-order valence-corrected chi connectivity index (χ2v) is 8.51. The maximum absolute atomic E-state index is 13.9. The lowest BCUT2D eigenvalue weighted by molar-refractivity contribution is 0.529. The van der Waals surface area contributed by atoms with Crippen LogP contribution >= 0.6 is 11.8 Å². The van der Waals surface area contributed by atoms with Crippen molar-refractivity contribution in [2.24, 2.45) is 14.1 Å². The Balaban J connectivity index is 2.04. The van der Waals surface area contributed by atoms with E-state index in [9.17, 15) is 22.4 Å². The van der Waals surface area contributed by atoms with Crippen molar-refractivity contribution in [3.05, 3.63) is 56.6 Å². The first kappa shape index (κ1) is 17.9. The molecule has 1 atom stereocenters. The zero-order valence-corrected chi connectivity index (χ0v) is 15.2. The second-order valence-electron chi connectivity index (χ2n) is 5.72. The topological polar surface area (TPSA) is 90.2 Å². The van der Waals surface area contributed by atoms with Crippen molar-refractivity contribution in [1.29, 1.82) is 0 Å². The van der Waals surface area contributed by atoms with Gasteiger partial charge in [0.2, 0.25) is 10.0 Å². The van der Waals surface area contributed by atoms with Crippen molar-refractivity contribution in [2.75, 3.05) is 5.75 Å². The molecule has 1 unspecified atom stereocenters. The summed E-state index contributed by atoms with van der Waals surface area (Å²) in [6, 6.07) is 3.87. The molecule has 1 aromatic carbocycles. The third kappa shape index (κ3) is 3.16. The van der Waals surface area contributed by atoms with Gasteiger partial charge in [-0.3, -0.25) is 9.36 Å². The van der Waals surface area contributed by atoms with Crippen LogP contribution in [0, 0.1) is 5.82 Å². The number of thioether (sulfide) groups is 1. The fourth-order valence-electron chi connectivity index (χ4n) is 2.72. The molecule has 1 aliphatic rings. The molecule has 0 fully saturated rings. The molecule has 0 radical (unpaired) electrons. The van der Waals surface area contributed by atoms with Crippen molar-refractivity contribution >= 4 is 21.8 Å². The van der Waals surface area contributed by atoms with Gasteiger partial charge in [0.1, 0.15) is 5.82 Å². The molecule has 0 amide bonds. The fourth-order valence-corrected chi connectivity index (χ4v) is 5.27. The first-order valence-electron chi connectivity index (χ1n) is 7.42. The molecule has 1 N–H and O–H groups in total. The summed E-state index contributed by atoms with van der Waals surface area (Å²) >= 11 is 1.33. The van der Waals surface area contributed by atoms with Gasteiger partial charge in [0.15, 0.2) is 4.90 Å². The Hall–Kier alpha value is -1.91. The number of hydrogen-bond acceptors (Lipinski definition) is 5. The SMILES string of the molecule is Cn1cc(S(=O)(=O)NC2CCSc3c(F)cccc32)c(=O)n(C)c1=O. The molecule has 0 aliphatic carbocycles. The van der Waals surface area contributed by atoms with Gasteiger partial charge in [-0.15, -0.1) is 11.8 Å². The third-order valence-electron chi connectivity index (χ3n) is 4.03. The van der Waals surface area contributed by atoms with Crippen molar-refractivity contribution in [3.63, 3.8) is 0 Å². The number of hydrogen-bond donors (Lipinski definition) is 1. The number of sulfonamides is 1. The fraction of sp³-hybridized carbons (Fsp3) is 0.333. The Morgan fingerprint density at radius 3 is 2.72 bits per heavy atom. The zero-order valence-electron chi connectivity index (χ0n) is 13.5. The van der Waals surface area contributed by atoms with E-state index in [0.717, 1.165) is 15.3 Å². The van der Waals surface area contributed by atoms with Gasteiger partial charge in [0.05, 0.1) is 0 Å². The summed E-state index contributed by atoms with van der Waals surface area (Å²) in [6.07, 6.45) is 1.46. The molecule has 25 heavy (non-hydrogen) atoms. The number of rotatable bonds is 3. The summed E-state index contributed by atoms with van der Waals surface area (Å²) < 4.78 is 43.5. The van der Waals surface area contributed by atoms with Crippen LogP contribution in [0.25, 0.3) is 0 Å². The number of nitrogens with zero attached hydrogens (tertiary/aromatic N) is 2. The minimum Gasteiger partial charge on any atom is -0.302 e. The maximum Gasteiger partial charge on any atom is 0.330 e. The molecule has 3 rings (SSSR count). The van der Waals surface area contributed by atoms with Crippen LogP contribution in [0.15, 0.2) is 43.8 Å². The van der Waals surface area contributed by atoms with E-state index in [1.807, 2.05) is 0 Å². The molecule has 0 spiro atoms. The molecule has 1 aliphatic heterocycles. The van der Waals surface area contributed by atoms with Crippen LogP contribution in [0.4, 0.5) is 4.39 Å².